The standard InChI is InChI=1S/C16H15ClN4O/c17-11-4-3-5-12(10-11)19-16(22)18-9-8-15-20-13-6-1-2-7-14(13)21-15/h1-7,10H,8-9H2,(H,20,21)(H2,18,19,22). The number of carbonyl (C=O) groups is 1. The minimum atomic E-state index is -0.265. The normalized spacial score (nSPS) is 10.6. The van der Waals surface area contributed by atoms with Crippen molar-refractivity contribution < 1.29 is 4.79 Å². The Kier molecular flexibility index (Phi) is 4.25. The van der Waals surface area contributed by atoms with Crippen LogP contribution in [0.1, 0.15) is 5.82 Å². The molecule has 3 N–H and O–H groups in total. The van der Waals surface area contributed by atoms with Gasteiger partial charge in [-0.1, -0.05) is 29.8 Å². The summed E-state index contributed by atoms with van der Waals surface area (Å²) in [5.41, 5.74) is 2.59. The Labute approximate surface area is 132 Å². The van der Waals surface area contributed by atoms with Crippen molar-refractivity contribution in [1.82, 2.24) is 15.3 Å². The summed E-state index contributed by atoms with van der Waals surface area (Å²) in [7, 11) is 0. The molecule has 0 aliphatic heterocycles. The molecule has 0 fully saturated rings. The zero-order valence-electron chi connectivity index (χ0n) is 11.8. The van der Waals surface area contributed by atoms with Crippen molar-refractivity contribution in [1.29, 1.82) is 0 Å². The molecular weight excluding hydrogens is 300 g/mol. The van der Waals surface area contributed by atoms with Gasteiger partial charge in [-0.05, 0) is 30.3 Å². The van der Waals surface area contributed by atoms with Crippen LogP contribution in [0.4, 0.5) is 10.5 Å². The highest BCUT2D eigenvalue weighted by molar-refractivity contribution is 6.30. The Bertz CT molecular complexity index is 766. The summed E-state index contributed by atoms with van der Waals surface area (Å²) < 4.78 is 0. The van der Waals surface area contributed by atoms with E-state index in [0.29, 0.717) is 23.7 Å². The number of fused-ring (bicyclic) bond motifs is 1. The van der Waals surface area contributed by atoms with E-state index in [4.69, 9.17) is 11.6 Å². The second-order valence-corrected chi connectivity index (χ2v) is 5.28. The van der Waals surface area contributed by atoms with E-state index in [1.807, 2.05) is 24.3 Å². The molecule has 2 amide bonds. The molecule has 0 radical (unpaired) electrons. The largest absolute Gasteiger partial charge is 0.342 e. The van der Waals surface area contributed by atoms with E-state index in [0.717, 1.165) is 16.9 Å². The van der Waals surface area contributed by atoms with Crippen molar-refractivity contribution >= 4 is 34.4 Å². The molecule has 0 aliphatic rings. The molecule has 0 unspecified atom stereocenters. The van der Waals surface area contributed by atoms with Gasteiger partial charge in [0.05, 0.1) is 11.0 Å². The number of hydrogen-bond donors (Lipinski definition) is 3. The Hall–Kier alpha value is -2.53. The van der Waals surface area contributed by atoms with E-state index in [1.165, 1.54) is 0 Å². The summed E-state index contributed by atoms with van der Waals surface area (Å²) >= 11 is 5.87. The zero-order chi connectivity index (χ0) is 15.4. The quantitative estimate of drug-likeness (QED) is 0.689. The first kappa shape index (κ1) is 14.4. The molecule has 112 valence electrons. The van der Waals surface area contributed by atoms with Gasteiger partial charge in [-0.25, -0.2) is 9.78 Å². The van der Waals surface area contributed by atoms with Crippen LogP contribution in [-0.4, -0.2) is 22.5 Å². The van der Waals surface area contributed by atoms with Crippen molar-refractivity contribution in [3.05, 3.63) is 59.4 Å². The number of anilines is 1. The van der Waals surface area contributed by atoms with Gasteiger partial charge in [-0.2, -0.15) is 0 Å². The summed E-state index contributed by atoms with van der Waals surface area (Å²) in [6.45, 7) is 0.492. The summed E-state index contributed by atoms with van der Waals surface area (Å²) in [6.07, 6.45) is 0.637. The Morgan fingerprint density at radius 2 is 2.05 bits per heavy atom. The summed E-state index contributed by atoms with van der Waals surface area (Å²) in [5.74, 6) is 0.851. The van der Waals surface area contributed by atoms with Gasteiger partial charge in [0, 0.05) is 23.7 Å². The molecule has 2 aromatic carbocycles. The van der Waals surface area contributed by atoms with Gasteiger partial charge in [-0.15, -0.1) is 0 Å². The number of hydrogen-bond acceptors (Lipinski definition) is 2. The molecule has 1 heterocycles. The molecule has 0 aliphatic carbocycles. The van der Waals surface area contributed by atoms with Crippen molar-refractivity contribution in [2.45, 2.75) is 6.42 Å². The first-order valence-corrected chi connectivity index (χ1v) is 7.32. The van der Waals surface area contributed by atoms with Crippen LogP contribution >= 0.6 is 11.6 Å². The number of benzene rings is 2. The molecule has 0 spiro atoms. The van der Waals surface area contributed by atoms with Crippen LogP contribution < -0.4 is 10.6 Å². The van der Waals surface area contributed by atoms with Gasteiger partial charge in [0.2, 0.25) is 0 Å². The van der Waals surface area contributed by atoms with Crippen LogP contribution in [0.25, 0.3) is 11.0 Å². The minimum absolute atomic E-state index is 0.265. The van der Waals surface area contributed by atoms with Crippen LogP contribution in [0.15, 0.2) is 48.5 Å². The Morgan fingerprint density at radius 1 is 1.18 bits per heavy atom. The fraction of sp³-hybridized carbons (Fsp3) is 0.125. The maximum Gasteiger partial charge on any atom is 0.319 e. The van der Waals surface area contributed by atoms with Crippen molar-refractivity contribution in [2.24, 2.45) is 0 Å². The monoisotopic (exact) mass is 314 g/mol. The lowest BCUT2D eigenvalue weighted by Crippen LogP contribution is -2.30. The molecule has 3 aromatic rings. The van der Waals surface area contributed by atoms with E-state index >= 15 is 0 Å². The van der Waals surface area contributed by atoms with E-state index in [-0.39, 0.29) is 6.03 Å². The second kappa shape index (κ2) is 6.49. The highest BCUT2D eigenvalue weighted by Gasteiger charge is 2.04. The smallest absolute Gasteiger partial charge is 0.319 e. The number of urea groups is 1. The average Bonchev–Trinajstić information content (AvgIpc) is 2.90. The van der Waals surface area contributed by atoms with Crippen LogP contribution in [0.3, 0.4) is 0 Å². The number of imidazole rings is 1. The van der Waals surface area contributed by atoms with Crippen LogP contribution in [0.5, 0.6) is 0 Å². The molecule has 5 nitrogen and oxygen atoms in total. The number of nitrogens with one attached hydrogen (secondary N) is 3. The first-order chi connectivity index (χ1) is 10.7. The predicted octanol–water partition coefficient (Wildman–Crippen LogP) is 3.58. The van der Waals surface area contributed by atoms with Crippen molar-refractivity contribution in [2.75, 3.05) is 11.9 Å². The lowest BCUT2D eigenvalue weighted by molar-refractivity contribution is 0.252. The van der Waals surface area contributed by atoms with Crippen LogP contribution in [0, 0.1) is 0 Å². The number of halogens is 1. The number of aromatic nitrogens is 2. The van der Waals surface area contributed by atoms with Crippen molar-refractivity contribution in [3.63, 3.8) is 0 Å². The molecule has 6 heteroatoms. The van der Waals surface area contributed by atoms with E-state index in [1.54, 1.807) is 24.3 Å². The van der Waals surface area contributed by atoms with Crippen LogP contribution in [-0.2, 0) is 6.42 Å². The molecular formula is C16H15ClN4O. The lowest BCUT2D eigenvalue weighted by Gasteiger charge is -2.07. The third kappa shape index (κ3) is 3.56. The molecule has 0 saturated heterocycles. The van der Waals surface area contributed by atoms with E-state index < -0.39 is 0 Å². The zero-order valence-corrected chi connectivity index (χ0v) is 12.5. The number of amides is 2. The minimum Gasteiger partial charge on any atom is -0.342 e. The third-order valence-corrected chi connectivity index (χ3v) is 3.40. The van der Waals surface area contributed by atoms with Gasteiger partial charge in [0.25, 0.3) is 0 Å². The number of carbonyl (C=O) groups excluding carboxylic acids is 1. The maximum absolute atomic E-state index is 11.8. The molecule has 0 atom stereocenters. The molecule has 0 saturated carbocycles. The van der Waals surface area contributed by atoms with E-state index in [9.17, 15) is 4.79 Å². The third-order valence-electron chi connectivity index (χ3n) is 3.17. The topological polar surface area (TPSA) is 69.8 Å². The molecule has 1 aromatic heterocycles. The highest BCUT2D eigenvalue weighted by atomic mass is 35.5. The van der Waals surface area contributed by atoms with Gasteiger partial charge in [-0.3, -0.25) is 0 Å². The van der Waals surface area contributed by atoms with Gasteiger partial charge >= 0.3 is 6.03 Å². The Balaban J connectivity index is 1.51. The van der Waals surface area contributed by atoms with Crippen LogP contribution in [0.2, 0.25) is 5.02 Å². The summed E-state index contributed by atoms with van der Waals surface area (Å²) in [4.78, 5) is 19.5. The van der Waals surface area contributed by atoms with Crippen molar-refractivity contribution in [3.8, 4) is 0 Å². The highest BCUT2D eigenvalue weighted by Crippen LogP contribution is 2.14. The molecule has 22 heavy (non-hydrogen) atoms. The fourth-order valence-electron chi connectivity index (χ4n) is 2.16. The SMILES string of the molecule is O=C(NCCc1nc2ccccc2[nH]1)Nc1cccc(Cl)c1. The van der Waals surface area contributed by atoms with E-state index in [2.05, 4.69) is 20.6 Å². The van der Waals surface area contributed by atoms with Gasteiger partial charge in [0.1, 0.15) is 5.82 Å². The van der Waals surface area contributed by atoms with Gasteiger partial charge < -0.3 is 15.6 Å². The molecule has 3 rings (SSSR count). The number of aromatic amines is 1. The number of para-hydroxylation sites is 2. The maximum atomic E-state index is 11.8. The fourth-order valence-corrected chi connectivity index (χ4v) is 2.35. The summed E-state index contributed by atoms with van der Waals surface area (Å²) in [6, 6.07) is 14.6. The molecule has 0 bridgehead atoms. The summed E-state index contributed by atoms with van der Waals surface area (Å²) in [5, 5.41) is 6.10. The Morgan fingerprint density at radius 3 is 2.86 bits per heavy atom. The average molecular weight is 315 g/mol. The number of nitrogens with zero attached hydrogens (tertiary/aromatic N) is 1. The lowest BCUT2D eigenvalue weighted by atomic mass is 10.3. The number of H-pyrrole nitrogens is 1. The number of rotatable bonds is 4. The first-order valence-electron chi connectivity index (χ1n) is 6.95. The second-order valence-electron chi connectivity index (χ2n) is 4.84. The predicted molar refractivity (Wildman–Crippen MR) is 88.3 cm³/mol. The van der Waals surface area contributed by atoms with Gasteiger partial charge in [0.15, 0.2) is 0 Å².